The fraction of sp³-hybridized carbons (Fsp3) is 0.600. The minimum Gasteiger partial charge on any atom is -0.390 e. The summed E-state index contributed by atoms with van der Waals surface area (Å²) in [4.78, 5) is 0. The Labute approximate surface area is 140 Å². The maximum atomic E-state index is 10.2. The smallest absolute Gasteiger partial charge is 0.0874 e. The Hall–Kier alpha value is -1.16. The lowest BCUT2D eigenvalue weighted by molar-refractivity contribution is -0.0817. The molecule has 1 saturated heterocycles. The molecule has 0 aromatic heterocycles. The molecule has 1 aromatic carbocycles. The van der Waals surface area contributed by atoms with Crippen molar-refractivity contribution in [3.05, 3.63) is 48.6 Å². The van der Waals surface area contributed by atoms with E-state index < -0.39 is 6.10 Å². The third-order valence-electron chi connectivity index (χ3n) is 4.47. The zero-order chi connectivity index (χ0) is 16.5. The maximum absolute atomic E-state index is 10.2. The van der Waals surface area contributed by atoms with Gasteiger partial charge < -0.3 is 14.6 Å². The molecule has 1 aliphatic heterocycles. The highest BCUT2D eigenvalue weighted by atomic mass is 16.6. The van der Waals surface area contributed by atoms with Crippen molar-refractivity contribution in [2.24, 2.45) is 0 Å². The van der Waals surface area contributed by atoms with E-state index in [0.717, 1.165) is 12.8 Å². The van der Waals surface area contributed by atoms with E-state index in [9.17, 15) is 5.11 Å². The molecule has 0 bridgehead atoms. The fourth-order valence-electron chi connectivity index (χ4n) is 3.13. The van der Waals surface area contributed by atoms with Crippen LogP contribution in [0.5, 0.6) is 0 Å². The van der Waals surface area contributed by atoms with Gasteiger partial charge >= 0.3 is 0 Å². The first kappa shape index (κ1) is 18.2. The van der Waals surface area contributed by atoms with E-state index in [1.165, 1.54) is 18.4 Å². The van der Waals surface area contributed by atoms with E-state index in [1.54, 1.807) is 0 Å². The molecule has 3 heteroatoms. The average molecular weight is 318 g/mol. The van der Waals surface area contributed by atoms with Crippen LogP contribution in [0, 0.1) is 0 Å². The van der Waals surface area contributed by atoms with Crippen LogP contribution in [-0.4, -0.2) is 29.5 Å². The molecule has 2 rings (SSSR count). The van der Waals surface area contributed by atoms with Crippen molar-refractivity contribution in [3.8, 4) is 0 Å². The van der Waals surface area contributed by atoms with Gasteiger partial charge in [0.05, 0.1) is 31.0 Å². The zero-order valence-corrected chi connectivity index (χ0v) is 14.2. The Kier molecular flexibility index (Phi) is 7.80. The molecule has 128 valence electrons. The van der Waals surface area contributed by atoms with Crippen LogP contribution >= 0.6 is 0 Å². The highest BCUT2D eigenvalue weighted by Crippen LogP contribution is 2.29. The summed E-state index contributed by atoms with van der Waals surface area (Å²) in [5, 5.41) is 10.2. The molecule has 0 radical (unpaired) electrons. The van der Waals surface area contributed by atoms with Gasteiger partial charge in [-0.2, -0.15) is 0 Å². The van der Waals surface area contributed by atoms with E-state index in [2.05, 4.69) is 25.6 Å². The summed E-state index contributed by atoms with van der Waals surface area (Å²) in [5.74, 6) is 0. The molecule has 4 atom stereocenters. The van der Waals surface area contributed by atoms with Gasteiger partial charge in [0.2, 0.25) is 0 Å². The van der Waals surface area contributed by atoms with Gasteiger partial charge in [-0.3, -0.25) is 0 Å². The van der Waals surface area contributed by atoms with Crippen LogP contribution in [0.25, 0.3) is 0 Å². The molecule has 1 aliphatic rings. The lowest BCUT2D eigenvalue weighted by Crippen LogP contribution is -2.29. The molecule has 1 aromatic rings. The predicted molar refractivity (Wildman–Crippen MR) is 93.3 cm³/mol. The van der Waals surface area contributed by atoms with Crippen molar-refractivity contribution in [1.82, 2.24) is 0 Å². The monoisotopic (exact) mass is 318 g/mol. The summed E-state index contributed by atoms with van der Waals surface area (Å²) < 4.78 is 12.2. The molecule has 1 fully saturated rings. The summed E-state index contributed by atoms with van der Waals surface area (Å²) in [6, 6.07) is 10.2. The summed E-state index contributed by atoms with van der Waals surface area (Å²) in [6.07, 6.45) is 7.17. The number of aliphatic hydroxyl groups excluding tert-OH is 1. The minimum atomic E-state index is -0.410. The Morgan fingerprint density at radius 3 is 2.83 bits per heavy atom. The van der Waals surface area contributed by atoms with Crippen LogP contribution in [-0.2, 0) is 16.1 Å². The van der Waals surface area contributed by atoms with Crippen molar-refractivity contribution in [2.45, 2.75) is 76.5 Å². The van der Waals surface area contributed by atoms with E-state index in [1.807, 2.05) is 24.3 Å². The first-order chi connectivity index (χ1) is 11.2. The summed E-state index contributed by atoms with van der Waals surface area (Å²) in [6.45, 7) is 6.54. The normalized spacial score (nSPS) is 25.4. The standard InChI is InChI=1S/C20H30O3/c1-3-5-7-13-19(22-15-16-11-8-6-9-12-16)20-14-17(21)18(23-20)10-4-2/h4,6,8-9,11-12,17-21H,2-3,5,7,10,13-15H2,1H3/t17-,18+,19-,20-/m1/s1. The maximum Gasteiger partial charge on any atom is 0.0874 e. The zero-order valence-electron chi connectivity index (χ0n) is 14.2. The molecular weight excluding hydrogens is 288 g/mol. The van der Waals surface area contributed by atoms with E-state index >= 15 is 0 Å². The molecule has 1 N–H and O–H groups in total. The second-order valence-electron chi connectivity index (χ2n) is 6.37. The van der Waals surface area contributed by atoms with Gasteiger partial charge in [0.1, 0.15) is 0 Å². The van der Waals surface area contributed by atoms with Gasteiger partial charge in [-0.15, -0.1) is 6.58 Å². The van der Waals surface area contributed by atoms with Gasteiger partial charge in [-0.1, -0.05) is 62.6 Å². The number of hydrogen-bond acceptors (Lipinski definition) is 3. The van der Waals surface area contributed by atoms with Crippen LogP contribution in [0.3, 0.4) is 0 Å². The number of ether oxygens (including phenoxy) is 2. The molecule has 0 saturated carbocycles. The number of rotatable bonds is 10. The summed E-state index contributed by atoms with van der Waals surface area (Å²) >= 11 is 0. The van der Waals surface area contributed by atoms with Crippen molar-refractivity contribution < 1.29 is 14.6 Å². The molecule has 23 heavy (non-hydrogen) atoms. The Morgan fingerprint density at radius 2 is 2.13 bits per heavy atom. The topological polar surface area (TPSA) is 38.7 Å². The third kappa shape index (κ3) is 5.76. The first-order valence-electron chi connectivity index (χ1n) is 8.84. The van der Waals surface area contributed by atoms with Crippen LogP contribution in [0.2, 0.25) is 0 Å². The lowest BCUT2D eigenvalue weighted by atomic mass is 10.0. The van der Waals surface area contributed by atoms with E-state index in [4.69, 9.17) is 9.47 Å². The van der Waals surface area contributed by atoms with E-state index in [-0.39, 0.29) is 18.3 Å². The van der Waals surface area contributed by atoms with Gasteiger partial charge in [-0.25, -0.2) is 0 Å². The highest BCUT2D eigenvalue weighted by Gasteiger charge is 2.37. The van der Waals surface area contributed by atoms with Gasteiger partial charge in [0, 0.05) is 6.42 Å². The molecular formula is C20H30O3. The number of benzene rings is 1. The van der Waals surface area contributed by atoms with Crippen molar-refractivity contribution in [2.75, 3.05) is 0 Å². The Balaban J connectivity index is 1.92. The Bertz CT molecular complexity index is 445. The molecule has 1 heterocycles. The number of hydrogen-bond donors (Lipinski definition) is 1. The quantitative estimate of drug-likeness (QED) is 0.518. The summed E-state index contributed by atoms with van der Waals surface area (Å²) in [5.41, 5.74) is 1.18. The number of aliphatic hydroxyl groups is 1. The van der Waals surface area contributed by atoms with Gasteiger partial charge in [-0.05, 0) is 18.4 Å². The van der Waals surface area contributed by atoms with Gasteiger partial charge in [0.15, 0.2) is 0 Å². The van der Waals surface area contributed by atoms with Gasteiger partial charge in [0.25, 0.3) is 0 Å². The first-order valence-corrected chi connectivity index (χ1v) is 8.84. The average Bonchev–Trinajstić information content (AvgIpc) is 2.93. The fourth-order valence-corrected chi connectivity index (χ4v) is 3.13. The van der Waals surface area contributed by atoms with Crippen LogP contribution in [0.1, 0.15) is 51.0 Å². The largest absolute Gasteiger partial charge is 0.390 e. The molecule has 0 spiro atoms. The molecule has 0 aliphatic carbocycles. The van der Waals surface area contributed by atoms with Crippen LogP contribution < -0.4 is 0 Å². The van der Waals surface area contributed by atoms with E-state index in [0.29, 0.717) is 19.4 Å². The highest BCUT2D eigenvalue weighted by molar-refractivity contribution is 5.13. The third-order valence-corrected chi connectivity index (χ3v) is 4.47. The van der Waals surface area contributed by atoms with Crippen LogP contribution in [0.15, 0.2) is 43.0 Å². The second kappa shape index (κ2) is 9.86. The van der Waals surface area contributed by atoms with Crippen molar-refractivity contribution >= 4 is 0 Å². The SMILES string of the molecule is C=CC[C@@H]1O[C@@H]([C@@H](CCCCC)OCc2ccccc2)C[C@H]1O. The molecule has 3 nitrogen and oxygen atoms in total. The lowest BCUT2D eigenvalue weighted by Gasteiger charge is -2.24. The van der Waals surface area contributed by atoms with Crippen LogP contribution in [0.4, 0.5) is 0 Å². The predicted octanol–water partition coefficient (Wildman–Crippen LogP) is 4.25. The molecule has 0 amide bonds. The minimum absolute atomic E-state index is 0.0180. The second-order valence-corrected chi connectivity index (χ2v) is 6.37. The van der Waals surface area contributed by atoms with Crippen molar-refractivity contribution in [3.63, 3.8) is 0 Å². The van der Waals surface area contributed by atoms with Crippen molar-refractivity contribution in [1.29, 1.82) is 0 Å². The summed E-state index contributed by atoms with van der Waals surface area (Å²) in [7, 11) is 0. The number of unbranched alkanes of at least 4 members (excludes halogenated alkanes) is 2. The molecule has 0 unspecified atom stereocenters. The Morgan fingerprint density at radius 1 is 1.35 bits per heavy atom.